The molecule has 0 spiro atoms. The molecule has 0 aromatic carbocycles. The average molecular weight is 608 g/mol. The second-order valence-electron chi connectivity index (χ2n) is 10.7. The van der Waals surface area contributed by atoms with Gasteiger partial charge in [0, 0.05) is 18.9 Å². The van der Waals surface area contributed by atoms with Crippen LogP contribution in [0.4, 0.5) is 0 Å². The molecule has 2 aliphatic heterocycles. The molecule has 240 valence electrons. The number of amides is 3. The van der Waals surface area contributed by atoms with Gasteiger partial charge in [0.2, 0.25) is 23.7 Å². The number of carbonyl (C=O) groups is 3. The first kappa shape index (κ1) is 36.3. The van der Waals surface area contributed by atoms with Crippen LogP contribution in [0, 0.1) is 11.8 Å². The number of fused-ring (bicyclic) bond motifs is 1. The van der Waals surface area contributed by atoms with Crippen molar-refractivity contribution in [3.63, 3.8) is 0 Å². The minimum absolute atomic E-state index is 0.0447. The Morgan fingerprint density at radius 3 is 1.98 bits per heavy atom. The largest absolute Gasteiger partial charge is 0.391 e. The van der Waals surface area contributed by atoms with Crippen LogP contribution in [-0.4, -0.2) is 65.0 Å². The van der Waals surface area contributed by atoms with E-state index in [1.165, 1.54) is 6.92 Å². The van der Waals surface area contributed by atoms with Crippen LogP contribution in [0.5, 0.6) is 0 Å². The molecule has 44 heavy (non-hydrogen) atoms. The van der Waals surface area contributed by atoms with Crippen molar-refractivity contribution >= 4 is 29.5 Å². The SMILES string of the molecule is CC/C=C\C/C=C\C/C=C\C/C=C\C/C=C\C/C=C\CCC(=O)NCC(=O)NC1=NC2=NC[C@H]([C@@H](O)[C@H](C)O)CC2C(=O)N1. The maximum atomic E-state index is 12.5. The van der Waals surface area contributed by atoms with Gasteiger partial charge < -0.3 is 15.5 Å². The van der Waals surface area contributed by atoms with Gasteiger partial charge in [0.1, 0.15) is 5.84 Å². The molecule has 1 unspecified atom stereocenters. The summed E-state index contributed by atoms with van der Waals surface area (Å²) in [4.78, 5) is 45.3. The van der Waals surface area contributed by atoms with Gasteiger partial charge in [0.15, 0.2) is 0 Å². The van der Waals surface area contributed by atoms with Crippen LogP contribution >= 0.6 is 0 Å². The molecule has 0 bridgehead atoms. The highest BCUT2D eigenvalue weighted by atomic mass is 16.3. The van der Waals surface area contributed by atoms with E-state index in [1.807, 2.05) is 12.2 Å². The van der Waals surface area contributed by atoms with Crippen molar-refractivity contribution in [3.8, 4) is 0 Å². The van der Waals surface area contributed by atoms with Crippen molar-refractivity contribution in [3.05, 3.63) is 72.9 Å². The summed E-state index contributed by atoms with van der Waals surface area (Å²) in [5, 5.41) is 27.3. The molecule has 5 N–H and O–H groups in total. The molecular formula is C34H49N5O5. The molecule has 0 saturated carbocycles. The first-order chi connectivity index (χ1) is 21.3. The lowest BCUT2D eigenvalue weighted by atomic mass is 9.84. The van der Waals surface area contributed by atoms with Gasteiger partial charge in [-0.3, -0.25) is 30.0 Å². The number of aliphatic imine (C=N–C) groups is 2. The fourth-order valence-electron chi connectivity index (χ4n) is 4.49. The third-order valence-electron chi connectivity index (χ3n) is 6.94. The molecule has 0 radical (unpaired) electrons. The number of amidine groups is 1. The van der Waals surface area contributed by atoms with Crippen molar-refractivity contribution in [1.29, 1.82) is 0 Å². The van der Waals surface area contributed by atoms with Gasteiger partial charge in [-0.05, 0) is 58.3 Å². The summed E-state index contributed by atoms with van der Waals surface area (Å²) in [6.07, 6.45) is 30.4. The molecule has 0 aromatic heterocycles. The zero-order chi connectivity index (χ0) is 32.0. The second-order valence-corrected chi connectivity index (χ2v) is 10.7. The number of aliphatic hydroxyl groups excluding tert-OH is 2. The van der Waals surface area contributed by atoms with E-state index in [4.69, 9.17) is 0 Å². The van der Waals surface area contributed by atoms with Gasteiger partial charge in [-0.2, -0.15) is 4.99 Å². The van der Waals surface area contributed by atoms with Crippen LogP contribution in [0.25, 0.3) is 0 Å². The number of nitrogens with zero attached hydrogens (tertiary/aromatic N) is 2. The molecule has 10 nitrogen and oxygen atoms in total. The summed E-state index contributed by atoms with van der Waals surface area (Å²) in [6, 6.07) is 0. The lowest BCUT2D eigenvalue weighted by Gasteiger charge is -2.32. The lowest BCUT2D eigenvalue weighted by Crippen LogP contribution is -2.54. The van der Waals surface area contributed by atoms with Crippen LogP contribution in [0.1, 0.15) is 71.6 Å². The summed E-state index contributed by atoms with van der Waals surface area (Å²) in [7, 11) is 0. The summed E-state index contributed by atoms with van der Waals surface area (Å²) < 4.78 is 0. The predicted molar refractivity (Wildman–Crippen MR) is 176 cm³/mol. The third kappa shape index (κ3) is 15.0. The Morgan fingerprint density at radius 2 is 1.43 bits per heavy atom. The van der Waals surface area contributed by atoms with Crippen molar-refractivity contribution < 1.29 is 24.6 Å². The smallest absolute Gasteiger partial charge is 0.246 e. The number of hydrogen-bond donors (Lipinski definition) is 5. The molecule has 3 amide bonds. The van der Waals surface area contributed by atoms with Crippen molar-refractivity contribution in [2.45, 2.75) is 83.8 Å². The Balaban J connectivity index is 1.55. The van der Waals surface area contributed by atoms with Gasteiger partial charge in [-0.1, -0.05) is 79.8 Å². The van der Waals surface area contributed by atoms with Gasteiger partial charge in [-0.15, -0.1) is 0 Å². The molecule has 0 aromatic rings. The Hall–Kier alpha value is -3.89. The maximum Gasteiger partial charge on any atom is 0.246 e. The Bertz CT molecular complexity index is 1160. The summed E-state index contributed by atoms with van der Waals surface area (Å²) >= 11 is 0. The molecule has 2 aliphatic rings. The van der Waals surface area contributed by atoms with E-state index in [0.717, 1.165) is 38.5 Å². The highest BCUT2D eigenvalue weighted by molar-refractivity contribution is 6.19. The van der Waals surface area contributed by atoms with Gasteiger partial charge >= 0.3 is 0 Å². The fourth-order valence-corrected chi connectivity index (χ4v) is 4.49. The number of nitrogens with one attached hydrogen (secondary N) is 3. The normalized spacial score (nSPS) is 20.4. The third-order valence-corrected chi connectivity index (χ3v) is 6.94. The van der Waals surface area contributed by atoms with Crippen LogP contribution < -0.4 is 16.0 Å². The molecule has 10 heteroatoms. The minimum atomic E-state index is -0.985. The van der Waals surface area contributed by atoms with E-state index in [9.17, 15) is 24.6 Å². The van der Waals surface area contributed by atoms with E-state index >= 15 is 0 Å². The van der Waals surface area contributed by atoms with Crippen LogP contribution in [0.15, 0.2) is 82.9 Å². The summed E-state index contributed by atoms with van der Waals surface area (Å²) in [6.45, 7) is 3.59. The number of guanidine groups is 1. The molecule has 0 aliphatic carbocycles. The number of hydrogen-bond acceptors (Lipinski definition) is 7. The van der Waals surface area contributed by atoms with Crippen LogP contribution in [-0.2, 0) is 14.4 Å². The van der Waals surface area contributed by atoms with E-state index in [2.05, 4.69) is 93.6 Å². The van der Waals surface area contributed by atoms with Crippen LogP contribution in [0.2, 0.25) is 0 Å². The van der Waals surface area contributed by atoms with Gasteiger partial charge in [0.05, 0.1) is 24.7 Å². The predicted octanol–water partition coefficient (Wildman–Crippen LogP) is 3.96. The Morgan fingerprint density at radius 1 is 0.886 bits per heavy atom. The van der Waals surface area contributed by atoms with Crippen molar-refractivity contribution in [2.75, 3.05) is 13.1 Å². The van der Waals surface area contributed by atoms with E-state index < -0.39 is 29.9 Å². The van der Waals surface area contributed by atoms with E-state index in [-0.39, 0.29) is 43.1 Å². The van der Waals surface area contributed by atoms with Crippen molar-refractivity contribution in [1.82, 2.24) is 16.0 Å². The van der Waals surface area contributed by atoms with Crippen LogP contribution in [0.3, 0.4) is 0 Å². The first-order valence-corrected chi connectivity index (χ1v) is 15.6. The highest BCUT2D eigenvalue weighted by Crippen LogP contribution is 2.26. The Labute approximate surface area is 261 Å². The van der Waals surface area contributed by atoms with Crippen molar-refractivity contribution in [2.24, 2.45) is 21.8 Å². The molecule has 4 atom stereocenters. The zero-order valence-electron chi connectivity index (χ0n) is 26.0. The molecule has 0 fully saturated rings. The average Bonchev–Trinajstić information content (AvgIpc) is 3.00. The highest BCUT2D eigenvalue weighted by Gasteiger charge is 2.38. The second kappa shape index (κ2) is 21.7. The summed E-state index contributed by atoms with van der Waals surface area (Å²) in [5.41, 5.74) is 0. The van der Waals surface area contributed by atoms with E-state index in [1.54, 1.807) is 0 Å². The fraction of sp³-hybridized carbons (Fsp3) is 0.500. The Kier molecular flexibility index (Phi) is 17.9. The van der Waals surface area contributed by atoms with E-state index in [0.29, 0.717) is 12.8 Å². The number of carbonyl (C=O) groups excluding carboxylic acids is 3. The zero-order valence-corrected chi connectivity index (χ0v) is 26.0. The monoisotopic (exact) mass is 607 g/mol. The first-order valence-electron chi connectivity index (χ1n) is 15.6. The topological polar surface area (TPSA) is 152 Å². The van der Waals surface area contributed by atoms with Gasteiger partial charge in [-0.25, -0.2) is 0 Å². The molecule has 0 saturated heterocycles. The van der Waals surface area contributed by atoms with Gasteiger partial charge in [0.25, 0.3) is 0 Å². The molecule has 2 rings (SSSR count). The molecular weight excluding hydrogens is 558 g/mol. The number of rotatable bonds is 18. The standard InChI is InChI=1S/C34H49N5O5/c1-3-4-5-6-7-8-9-10-11-12-13-14-15-16-17-18-19-20-21-22-29(41)35-25-30(42)37-34-38-32-28(33(44)39-34)23-27(24-36-32)31(43)26(2)40/h4-5,7-8,10-11,13-14,16-17,19-20,26-28,31,40,43H,3,6,9,12,15,18,21-25H2,1-2H3,(H,35,41)(H2,36,37,38,39,42,44)/b5-4-,8-7-,11-10-,14-13-,17-16-,20-19-/t26-,27+,28?,31-/m0/s1. The lowest BCUT2D eigenvalue weighted by molar-refractivity contribution is -0.125. The quantitative estimate of drug-likeness (QED) is 0.149. The minimum Gasteiger partial charge on any atom is -0.391 e. The molecule has 2 heterocycles. The maximum absolute atomic E-state index is 12.5. The number of aliphatic hydroxyl groups is 2. The number of allylic oxidation sites excluding steroid dienone is 12. The summed E-state index contributed by atoms with van der Waals surface area (Å²) in [5.74, 6) is -1.95.